The summed E-state index contributed by atoms with van der Waals surface area (Å²) in [7, 11) is 0. The highest BCUT2D eigenvalue weighted by Crippen LogP contribution is 2.13. The highest BCUT2D eigenvalue weighted by molar-refractivity contribution is 5.93. The fraction of sp³-hybridized carbons (Fsp3) is 0.316. The van der Waals surface area contributed by atoms with Gasteiger partial charge in [-0.05, 0) is 24.6 Å². The van der Waals surface area contributed by atoms with Gasteiger partial charge in [-0.3, -0.25) is 14.6 Å². The molecule has 1 aliphatic heterocycles. The van der Waals surface area contributed by atoms with Crippen molar-refractivity contribution in [1.82, 2.24) is 14.8 Å². The first kappa shape index (κ1) is 17.0. The van der Waals surface area contributed by atoms with Crippen molar-refractivity contribution in [2.24, 2.45) is 0 Å². The van der Waals surface area contributed by atoms with Crippen molar-refractivity contribution in [3.8, 4) is 0 Å². The zero-order valence-corrected chi connectivity index (χ0v) is 14.3. The number of carbonyl (C=O) groups is 2. The third-order valence-corrected chi connectivity index (χ3v) is 4.31. The molecule has 130 valence electrons. The summed E-state index contributed by atoms with van der Waals surface area (Å²) in [5.41, 5.74) is 3.70. The first-order chi connectivity index (χ1) is 12.2. The van der Waals surface area contributed by atoms with Gasteiger partial charge in [0, 0.05) is 44.6 Å². The molecule has 3 rings (SSSR count). The van der Waals surface area contributed by atoms with E-state index in [4.69, 9.17) is 0 Å². The summed E-state index contributed by atoms with van der Waals surface area (Å²) >= 11 is 0. The molecule has 1 aromatic heterocycles. The van der Waals surface area contributed by atoms with E-state index < -0.39 is 0 Å². The molecular formula is C19H22N4O2. The maximum absolute atomic E-state index is 12.6. The van der Waals surface area contributed by atoms with Gasteiger partial charge in [-0.25, -0.2) is 0 Å². The Morgan fingerprint density at radius 1 is 1.20 bits per heavy atom. The van der Waals surface area contributed by atoms with Gasteiger partial charge in [-0.1, -0.05) is 29.8 Å². The molecule has 6 heteroatoms. The molecule has 6 nitrogen and oxygen atoms in total. The van der Waals surface area contributed by atoms with Crippen LogP contribution in [0, 0.1) is 6.92 Å². The number of hydrogen-bond acceptors (Lipinski definition) is 4. The van der Waals surface area contributed by atoms with Crippen LogP contribution in [-0.2, 0) is 11.3 Å². The molecule has 0 radical (unpaired) electrons. The van der Waals surface area contributed by atoms with Crippen molar-refractivity contribution in [2.75, 3.05) is 31.5 Å². The van der Waals surface area contributed by atoms with Crippen LogP contribution in [0.1, 0.15) is 21.6 Å². The SMILES string of the molecule is Cc1cccc(CNc2ccnc(C(=O)N3CCN(C=O)CC3)c2)c1. The van der Waals surface area contributed by atoms with Crippen LogP contribution < -0.4 is 5.32 Å². The van der Waals surface area contributed by atoms with Crippen molar-refractivity contribution in [2.45, 2.75) is 13.5 Å². The van der Waals surface area contributed by atoms with E-state index in [0.29, 0.717) is 38.4 Å². The number of anilines is 1. The van der Waals surface area contributed by atoms with Gasteiger partial charge < -0.3 is 15.1 Å². The molecule has 2 amide bonds. The van der Waals surface area contributed by atoms with E-state index in [9.17, 15) is 9.59 Å². The van der Waals surface area contributed by atoms with Gasteiger partial charge in [0.1, 0.15) is 5.69 Å². The standard InChI is InChI=1S/C19H22N4O2/c1-15-3-2-4-16(11-15)13-21-17-5-6-20-18(12-17)19(25)23-9-7-22(14-24)8-10-23/h2-6,11-12,14H,7-10,13H2,1H3,(H,20,21). The lowest BCUT2D eigenvalue weighted by atomic mass is 10.1. The Morgan fingerprint density at radius 3 is 2.72 bits per heavy atom. The van der Waals surface area contributed by atoms with Crippen LogP contribution in [0.5, 0.6) is 0 Å². The normalized spacial score (nSPS) is 14.3. The molecular weight excluding hydrogens is 316 g/mol. The molecule has 1 aromatic carbocycles. The van der Waals surface area contributed by atoms with E-state index in [-0.39, 0.29) is 5.91 Å². The summed E-state index contributed by atoms with van der Waals surface area (Å²) in [6.45, 7) is 4.98. The summed E-state index contributed by atoms with van der Waals surface area (Å²) in [6.07, 6.45) is 2.48. The topological polar surface area (TPSA) is 65.5 Å². The first-order valence-electron chi connectivity index (χ1n) is 8.40. The third-order valence-electron chi connectivity index (χ3n) is 4.31. The maximum atomic E-state index is 12.6. The fourth-order valence-electron chi connectivity index (χ4n) is 2.88. The summed E-state index contributed by atoms with van der Waals surface area (Å²) in [5, 5.41) is 3.34. The van der Waals surface area contributed by atoms with E-state index in [2.05, 4.69) is 35.4 Å². The second kappa shape index (κ2) is 7.79. The summed E-state index contributed by atoms with van der Waals surface area (Å²) in [6, 6.07) is 11.9. The smallest absolute Gasteiger partial charge is 0.272 e. The number of pyridine rings is 1. The van der Waals surface area contributed by atoms with Gasteiger partial charge >= 0.3 is 0 Å². The average molecular weight is 338 g/mol. The largest absolute Gasteiger partial charge is 0.381 e. The number of hydrogen-bond donors (Lipinski definition) is 1. The maximum Gasteiger partial charge on any atom is 0.272 e. The summed E-state index contributed by atoms with van der Waals surface area (Å²) < 4.78 is 0. The number of nitrogens with one attached hydrogen (secondary N) is 1. The van der Waals surface area contributed by atoms with Crippen LogP contribution >= 0.6 is 0 Å². The first-order valence-corrected chi connectivity index (χ1v) is 8.40. The monoisotopic (exact) mass is 338 g/mol. The predicted octanol–water partition coefficient (Wildman–Crippen LogP) is 1.92. The molecule has 0 spiro atoms. The zero-order chi connectivity index (χ0) is 17.6. The van der Waals surface area contributed by atoms with Crippen LogP contribution in [0.3, 0.4) is 0 Å². The number of carbonyl (C=O) groups excluding carboxylic acids is 2. The van der Waals surface area contributed by atoms with Crippen LogP contribution in [0.15, 0.2) is 42.6 Å². The lowest BCUT2D eigenvalue weighted by Gasteiger charge is -2.32. The number of benzene rings is 1. The molecule has 0 bridgehead atoms. The minimum Gasteiger partial charge on any atom is -0.381 e. The lowest BCUT2D eigenvalue weighted by molar-refractivity contribution is -0.119. The molecule has 0 aliphatic carbocycles. The van der Waals surface area contributed by atoms with Gasteiger partial charge in [0.05, 0.1) is 0 Å². The quantitative estimate of drug-likeness (QED) is 0.846. The lowest BCUT2D eigenvalue weighted by Crippen LogP contribution is -2.48. The molecule has 0 unspecified atom stereocenters. The molecule has 1 saturated heterocycles. The number of aromatic nitrogens is 1. The Bertz CT molecular complexity index is 755. The Hall–Kier alpha value is -2.89. The minimum atomic E-state index is -0.0928. The van der Waals surface area contributed by atoms with Crippen molar-refractivity contribution >= 4 is 18.0 Å². The number of aryl methyl sites for hydroxylation is 1. The molecule has 2 aromatic rings. The van der Waals surface area contributed by atoms with Crippen LogP contribution in [0.4, 0.5) is 5.69 Å². The van der Waals surface area contributed by atoms with Crippen LogP contribution in [-0.4, -0.2) is 53.3 Å². The van der Waals surface area contributed by atoms with E-state index in [1.807, 2.05) is 12.1 Å². The van der Waals surface area contributed by atoms with Gasteiger partial charge in [0.15, 0.2) is 0 Å². The highest BCUT2D eigenvalue weighted by Gasteiger charge is 2.22. The van der Waals surface area contributed by atoms with Crippen LogP contribution in [0.2, 0.25) is 0 Å². The average Bonchev–Trinajstić information content (AvgIpc) is 2.66. The van der Waals surface area contributed by atoms with Gasteiger partial charge in [0.2, 0.25) is 6.41 Å². The molecule has 25 heavy (non-hydrogen) atoms. The van der Waals surface area contributed by atoms with Gasteiger partial charge in [-0.2, -0.15) is 0 Å². The molecule has 0 atom stereocenters. The van der Waals surface area contributed by atoms with Crippen molar-refractivity contribution < 1.29 is 9.59 Å². The summed E-state index contributed by atoms with van der Waals surface area (Å²) in [5.74, 6) is -0.0928. The number of amides is 2. The molecule has 1 N–H and O–H groups in total. The number of piperazine rings is 1. The highest BCUT2D eigenvalue weighted by atomic mass is 16.2. The molecule has 1 aliphatic rings. The number of rotatable bonds is 5. The predicted molar refractivity (Wildman–Crippen MR) is 96.3 cm³/mol. The van der Waals surface area contributed by atoms with E-state index in [0.717, 1.165) is 12.1 Å². The second-order valence-corrected chi connectivity index (χ2v) is 6.21. The van der Waals surface area contributed by atoms with Crippen LogP contribution in [0.25, 0.3) is 0 Å². The Morgan fingerprint density at radius 2 is 2.00 bits per heavy atom. The molecule has 2 heterocycles. The second-order valence-electron chi connectivity index (χ2n) is 6.21. The van der Waals surface area contributed by atoms with Gasteiger partial charge in [0.25, 0.3) is 5.91 Å². The Balaban J connectivity index is 1.63. The van der Waals surface area contributed by atoms with E-state index in [1.54, 1.807) is 22.1 Å². The van der Waals surface area contributed by atoms with Crippen molar-refractivity contribution in [1.29, 1.82) is 0 Å². The van der Waals surface area contributed by atoms with Gasteiger partial charge in [-0.15, -0.1) is 0 Å². The zero-order valence-electron chi connectivity index (χ0n) is 14.3. The van der Waals surface area contributed by atoms with E-state index in [1.165, 1.54) is 11.1 Å². The molecule has 0 saturated carbocycles. The fourth-order valence-corrected chi connectivity index (χ4v) is 2.88. The Labute approximate surface area is 147 Å². The summed E-state index contributed by atoms with van der Waals surface area (Å²) in [4.78, 5) is 31.0. The third kappa shape index (κ3) is 4.35. The number of nitrogens with zero attached hydrogens (tertiary/aromatic N) is 3. The Kier molecular flexibility index (Phi) is 5.28. The van der Waals surface area contributed by atoms with Crippen molar-refractivity contribution in [3.05, 3.63) is 59.4 Å². The molecule has 1 fully saturated rings. The minimum absolute atomic E-state index is 0.0928. The van der Waals surface area contributed by atoms with E-state index >= 15 is 0 Å². The van der Waals surface area contributed by atoms with Crippen molar-refractivity contribution in [3.63, 3.8) is 0 Å².